The summed E-state index contributed by atoms with van der Waals surface area (Å²) in [7, 11) is 0. The number of hydrogen-bond acceptors (Lipinski definition) is 8. The number of hydrogen-bond donors (Lipinski definition) is 5. The molecule has 0 aromatic heterocycles. The molecule has 4 aliphatic rings. The molecule has 6 N–H and O–H groups in total. The molecule has 0 heterocycles. The molecule has 8 heteroatoms. The van der Waals surface area contributed by atoms with Gasteiger partial charge in [0.2, 0.25) is 0 Å². The SMILES string of the molecule is C[C@]12C[C@H](O)[C@H]3[C@@H](CCC4=CC(=O)C=C[C@@]43C)[C@@H]1C[C@@H](O[C@H](O)c1ccc(Cc3ccc(O)c(N)c3)cc1)[C@@H]2C(=O)CO. The van der Waals surface area contributed by atoms with Crippen LogP contribution in [-0.4, -0.2) is 50.8 Å². The van der Waals surface area contributed by atoms with Crippen molar-refractivity contribution in [2.24, 2.45) is 34.5 Å². The van der Waals surface area contributed by atoms with E-state index in [0.29, 0.717) is 30.5 Å². The summed E-state index contributed by atoms with van der Waals surface area (Å²) >= 11 is 0. The van der Waals surface area contributed by atoms with Gasteiger partial charge >= 0.3 is 0 Å². The summed E-state index contributed by atoms with van der Waals surface area (Å²) in [6.45, 7) is 3.51. The van der Waals surface area contributed by atoms with Crippen molar-refractivity contribution in [3.05, 3.63) is 83.0 Å². The lowest BCUT2D eigenvalue weighted by Gasteiger charge is -2.58. The number of allylic oxidation sites excluding steroid dienone is 4. The van der Waals surface area contributed by atoms with E-state index in [9.17, 15) is 30.0 Å². The average molecular weight is 588 g/mol. The number of nitrogen functional groups attached to an aromatic ring is 1. The first-order chi connectivity index (χ1) is 20.4. The lowest BCUT2D eigenvalue weighted by Crippen LogP contribution is -2.56. The Morgan fingerprint density at radius 1 is 1.14 bits per heavy atom. The van der Waals surface area contributed by atoms with Crippen LogP contribution in [0.2, 0.25) is 0 Å². The highest BCUT2D eigenvalue weighted by Crippen LogP contribution is 2.66. The first-order valence-corrected chi connectivity index (χ1v) is 15.2. The highest BCUT2D eigenvalue weighted by molar-refractivity contribution is 6.01. The van der Waals surface area contributed by atoms with Crippen LogP contribution in [0.3, 0.4) is 0 Å². The van der Waals surface area contributed by atoms with Gasteiger partial charge in [-0.2, -0.15) is 0 Å². The molecule has 9 atom stereocenters. The van der Waals surface area contributed by atoms with E-state index in [0.717, 1.165) is 29.5 Å². The third-order valence-electron chi connectivity index (χ3n) is 11.1. The number of benzene rings is 2. The molecule has 228 valence electrons. The monoisotopic (exact) mass is 587 g/mol. The van der Waals surface area contributed by atoms with Crippen molar-refractivity contribution in [3.63, 3.8) is 0 Å². The van der Waals surface area contributed by atoms with Gasteiger partial charge in [0.25, 0.3) is 0 Å². The molecule has 0 radical (unpaired) electrons. The van der Waals surface area contributed by atoms with Gasteiger partial charge in [0.05, 0.1) is 23.8 Å². The zero-order valence-corrected chi connectivity index (χ0v) is 24.6. The Kier molecular flexibility index (Phi) is 7.62. The molecular weight excluding hydrogens is 546 g/mol. The number of phenolic OH excluding ortho intramolecular Hbond substituents is 1. The molecule has 6 rings (SSSR count). The Balaban J connectivity index is 1.22. The third kappa shape index (κ3) is 5.04. The lowest BCUT2D eigenvalue weighted by atomic mass is 9.46. The second kappa shape index (κ2) is 11.0. The fraction of sp³-hybridized carbons (Fsp3) is 0.486. The fourth-order valence-corrected chi connectivity index (χ4v) is 9.12. The zero-order chi connectivity index (χ0) is 30.7. The number of nitrogens with two attached hydrogens (primary N) is 1. The minimum atomic E-state index is -1.27. The summed E-state index contributed by atoms with van der Waals surface area (Å²) in [5.41, 5.74) is 8.66. The number of aliphatic hydroxyl groups excluding tert-OH is 3. The van der Waals surface area contributed by atoms with Gasteiger partial charge < -0.3 is 30.9 Å². The minimum Gasteiger partial charge on any atom is -0.506 e. The van der Waals surface area contributed by atoms with Crippen molar-refractivity contribution >= 4 is 17.3 Å². The van der Waals surface area contributed by atoms with Gasteiger partial charge in [-0.3, -0.25) is 9.59 Å². The van der Waals surface area contributed by atoms with Crippen molar-refractivity contribution in [2.45, 2.75) is 64.4 Å². The maximum Gasteiger partial charge on any atom is 0.181 e. The number of fused-ring (bicyclic) bond motifs is 5. The first-order valence-electron chi connectivity index (χ1n) is 15.2. The number of rotatable bonds is 7. The molecule has 0 amide bonds. The zero-order valence-electron chi connectivity index (χ0n) is 24.6. The standard InChI is InChI=1S/C35H41NO7/c1-34-12-11-23(38)15-22(34)8-9-24-25-16-30(32(29(41)18-37)35(25,2)17-28(40)31(24)34)43-33(42)21-6-3-19(4-7-21)13-20-5-10-27(39)26(36)14-20/h3-7,10-12,14-15,24-25,28,30-33,37,39-40,42H,8-9,13,16-18,36H2,1-2H3/t24-,25-,28-,30+,31+,32-,33-,34-,35-/m0/s1. The van der Waals surface area contributed by atoms with Gasteiger partial charge in [-0.25, -0.2) is 0 Å². The van der Waals surface area contributed by atoms with Gasteiger partial charge in [0.15, 0.2) is 17.9 Å². The Bertz CT molecular complexity index is 1480. The van der Waals surface area contributed by atoms with Crippen molar-refractivity contribution in [2.75, 3.05) is 12.3 Å². The summed E-state index contributed by atoms with van der Waals surface area (Å²) in [6, 6.07) is 12.5. The second-order valence-electron chi connectivity index (χ2n) is 13.5. The second-order valence-corrected chi connectivity index (χ2v) is 13.5. The number of Topliss-reactive ketones (excluding diaryl/α,β-unsaturated/α-hetero) is 1. The molecule has 0 aliphatic heterocycles. The van der Waals surface area contributed by atoms with Crippen LogP contribution in [0.25, 0.3) is 0 Å². The predicted molar refractivity (Wildman–Crippen MR) is 161 cm³/mol. The highest BCUT2D eigenvalue weighted by atomic mass is 16.6. The van der Waals surface area contributed by atoms with Crippen LogP contribution >= 0.6 is 0 Å². The van der Waals surface area contributed by atoms with E-state index in [1.54, 1.807) is 36.4 Å². The number of ketones is 2. The predicted octanol–water partition coefficient (Wildman–Crippen LogP) is 4.01. The Labute approximate surface area is 251 Å². The topological polar surface area (TPSA) is 150 Å². The van der Waals surface area contributed by atoms with E-state index in [4.69, 9.17) is 10.5 Å². The first kappa shape index (κ1) is 29.8. The summed E-state index contributed by atoms with van der Waals surface area (Å²) in [6.07, 6.45) is 5.77. The molecule has 0 saturated heterocycles. The maximum absolute atomic E-state index is 13.3. The van der Waals surface area contributed by atoms with Gasteiger partial charge in [-0.15, -0.1) is 0 Å². The normalized spacial score (nSPS) is 35.5. The van der Waals surface area contributed by atoms with Gasteiger partial charge in [-0.1, -0.05) is 55.8 Å². The van der Waals surface area contributed by atoms with Crippen LogP contribution in [0.5, 0.6) is 5.75 Å². The van der Waals surface area contributed by atoms with Crippen molar-refractivity contribution in [1.82, 2.24) is 0 Å². The third-order valence-corrected chi connectivity index (χ3v) is 11.1. The van der Waals surface area contributed by atoms with Crippen molar-refractivity contribution < 1.29 is 34.8 Å². The molecule has 4 aliphatic carbocycles. The van der Waals surface area contributed by atoms with Gasteiger partial charge in [0, 0.05) is 16.9 Å². The Morgan fingerprint density at radius 3 is 2.56 bits per heavy atom. The average Bonchev–Trinajstić information content (AvgIpc) is 3.26. The minimum absolute atomic E-state index is 0.0175. The smallest absolute Gasteiger partial charge is 0.181 e. The van der Waals surface area contributed by atoms with Crippen LogP contribution in [0, 0.1) is 34.5 Å². The summed E-state index contributed by atoms with van der Waals surface area (Å²) in [4.78, 5) is 25.4. The molecule has 3 saturated carbocycles. The van der Waals surface area contributed by atoms with Crippen LogP contribution < -0.4 is 5.73 Å². The quantitative estimate of drug-likeness (QED) is 0.185. The number of aromatic hydroxyl groups is 1. The molecule has 0 bridgehead atoms. The van der Waals surface area contributed by atoms with E-state index in [-0.39, 0.29) is 35.1 Å². The number of carbonyl (C=O) groups excluding carboxylic acids is 2. The molecule has 2 aromatic carbocycles. The molecule has 8 nitrogen and oxygen atoms in total. The number of aliphatic hydroxyl groups is 3. The van der Waals surface area contributed by atoms with Crippen molar-refractivity contribution in [3.8, 4) is 5.75 Å². The van der Waals surface area contributed by atoms with E-state index >= 15 is 0 Å². The molecule has 43 heavy (non-hydrogen) atoms. The summed E-state index contributed by atoms with van der Waals surface area (Å²) < 4.78 is 6.27. The molecule has 3 fully saturated rings. The van der Waals surface area contributed by atoms with E-state index in [2.05, 4.69) is 6.92 Å². The number of phenols is 1. The summed E-state index contributed by atoms with van der Waals surface area (Å²) in [5.74, 6) is -0.923. The van der Waals surface area contributed by atoms with Gasteiger partial charge in [0.1, 0.15) is 12.4 Å². The van der Waals surface area contributed by atoms with Crippen LogP contribution in [-0.2, 0) is 20.7 Å². The van der Waals surface area contributed by atoms with Gasteiger partial charge in [-0.05, 0) is 84.8 Å². The largest absolute Gasteiger partial charge is 0.506 e. The molecule has 0 spiro atoms. The van der Waals surface area contributed by atoms with Crippen molar-refractivity contribution in [1.29, 1.82) is 0 Å². The Morgan fingerprint density at radius 2 is 1.86 bits per heavy atom. The maximum atomic E-state index is 13.3. The number of carbonyl (C=O) groups is 2. The van der Waals surface area contributed by atoms with Crippen LogP contribution in [0.4, 0.5) is 5.69 Å². The fourth-order valence-electron chi connectivity index (χ4n) is 9.12. The van der Waals surface area contributed by atoms with E-state index in [1.807, 2.05) is 31.2 Å². The molecule has 2 aromatic rings. The summed E-state index contributed by atoms with van der Waals surface area (Å²) in [5, 5.41) is 42.5. The number of anilines is 1. The Hall–Kier alpha value is -3.30. The van der Waals surface area contributed by atoms with Crippen LogP contribution in [0.15, 0.2) is 66.3 Å². The number of ether oxygens (including phenoxy) is 1. The highest BCUT2D eigenvalue weighted by Gasteiger charge is 2.65. The molecule has 0 unspecified atom stereocenters. The lowest BCUT2D eigenvalue weighted by molar-refractivity contribution is -0.167. The van der Waals surface area contributed by atoms with E-state index < -0.39 is 41.9 Å². The van der Waals surface area contributed by atoms with Crippen LogP contribution in [0.1, 0.15) is 62.5 Å². The van der Waals surface area contributed by atoms with E-state index in [1.165, 1.54) is 0 Å². The molecular formula is C35H41NO7.